The van der Waals surface area contributed by atoms with E-state index in [1.807, 2.05) is 54.6 Å². The molecule has 1 saturated heterocycles. The highest BCUT2D eigenvalue weighted by atomic mass is 16.2. The second-order valence-electron chi connectivity index (χ2n) is 7.42. The first-order chi connectivity index (χ1) is 13.5. The molecule has 0 bridgehead atoms. The molecule has 5 nitrogen and oxygen atoms in total. The van der Waals surface area contributed by atoms with E-state index in [2.05, 4.69) is 24.1 Å². The number of pyridine rings is 1. The number of fused-ring (bicyclic) bond motifs is 1. The summed E-state index contributed by atoms with van der Waals surface area (Å²) < 4.78 is 0. The summed E-state index contributed by atoms with van der Waals surface area (Å²) in [4.78, 5) is 31.5. The smallest absolute Gasteiger partial charge is 0.256 e. The van der Waals surface area contributed by atoms with Crippen LogP contribution in [0.5, 0.6) is 0 Å². The van der Waals surface area contributed by atoms with Crippen LogP contribution in [0.1, 0.15) is 48.7 Å². The highest BCUT2D eigenvalue weighted by Crippen LogP contribution is 2.26. The van der Waals surface area contributed by atoms with Gasteiger partial charge >= 0.3 is 0 Å². The minimum Gasteiger partial charge on any atom is -0.322 e. The molecule has 1 aliphatic rings. The molecular weight excluding hydrogens is 350 g/mol. The van der Waals surface area contributed by atoms with Crippen molar-refractivity contribution in [1.29, 1.82) is 0 Å². The van der Waals surface area contributed by atoms with Crippen LogP contribution in [0.4, 0.5) is 11.4 Å². The Kier molecular flexibility index (Phi) is 4.82. The molecule has 1 aromatic heterocycles. The molecule has 28 heavy (non-hydrogen) atoms. The van der Waals surface area contributed by atoms with Gasteiger partial charge in [0.25, 0.3) is 5.91 Å². The first kappa shape index (κ1) is 18.2. The van der Waals surface area contributed by atoms with Crippen molar-refractivity contribution < 1.29 is 9.59 Å². The lowest BCUT2D eigenvalue weighted by atomic mass is 10.0. The number of carbonyl (C=O) groups excluding carboxylic acids is 2. The summed E-state index contributed by atoms with van der Waals surface area (Å²) in [5, 5.41) is 3.82. The highest BCUT2D eigenvalue weighted by Gasteiger charge is 2.22. The maximum absolute atomic E-state index is 13.1. The van der Waals surface area contributed by atoms with Gasteiger partial charge in [-0.05, 0) is 42.7 Å². The van der Waals surface area contributed by atoms with Crippen molar-refractivity contribution in [3.63, 3.8) is 0 Å². The SMILES string of the molecule is CC(C)c1cc(C(=O)Nc2cccc(N3CCCC3=O)c2)c2ccccc2n1. The summed E-state index contributed by atoms with van der Waals surface area (Å²) in [6.45, 7) is 4.85. The van der Waals surface area contributed by atoms with Crippen molar-refractivity contribution in [3.05, 3.63) is 65.9 Å². The highest BCUT2D eigenvalue weighted by molar-refractivity contribution is 6.12. The Hall–Kier alpha value is -3.21. The molecule has 1 N–H and O–H groups in total. The van der Waals surface area contributed by atoms with Crippen LogP contribution in [0.3, 0.4) is 0 Å². The second kappa shape index (κ2) is 7.43. The average Bonchev–Trinajstić information content (AvgIpc) is 3.13. The maximum Gasteiger partial charge on any atom is 0.256 e. The molecule has 2 heterocycles. The van der Waals surface area contributed by atoms with E-state index in [9.17, 15) is 9.59 Å². The first-order valence-corrected chi connectivity index (χ1v) is 9.64. The number of anilines is 2. The third-order valence-corrected chi connectivity index (χ3v) is 5.06. The Morgan fingerprint density at radius 2 is 1.93 bits per heavy atom. The molecule has 0 unspecified atom stereocenters. The molecule has 5 heteroatoms. The third kappa shape index (κ3) is 3.48. The number of rotatable bonds is 4. The van der Waals surface area contributed by atoms with Crippen molar-refractivity contribution in [2.24, 2.45) is 0 Å². The van der Waals surface area contributed by atoms with Crippen molar-refractivity contribution in [1.82, 2.24) is 4.98 Å². The molecule has 0 spiro atoms. The quantitative estimate of drug-likeness (QED) is 0.719. The summed E-state index contributed by atoms with van der Waals surface area (Å²) in [6, 6.07) is 17.0. The zero-order valence-electron chi connectivity index (χ0n) is 16.1. The Morgan fingerprint density at radius 1 is 1.11 bits per heavy atom. The molecular formula is C23H23N3O2. The van der Waals surface area contributed by atoms with Crippen LogP contribution in [-0.2, 0) is 4.79 Å². The number of hydrogen-bond acceptors (Lipinski definition) is 3. The number of para-hydroxylation sites is 1. The summed E-state index contributed by atoms with van der Waals surface area (Å²) in [7, 11) is 0. The minimum atomic E-state index is -0.176. The summed E-state index contributed by atoms with van der Waals surface area (Å²) >= 11 is 0. The minimum absolute atomic E-state index is 0.130. The number of hydrogen-bond donors (Lipinski definition) is 1. The van der Waals surface area contributed by atoms with Crippen LogP contribution in [0.25, 0.3) is 10.9 Å². The number of benzene rings is 2. The van der Waals surface area contributed by atoms with Gasteiger partial charge in [0.15, 0.2) is 0 Å². The van der Waals surface area contributed by atoms with E-state index >= 15 is 0 Å². The van der Waals surface area contributed by atoms with Crippen molar-refractivity contribution >= 4 is 34.1 Å². The fourth-order valence-corrected chi connectivity index (χ4v) is 3.55. The summed E-state index contributed by atoms with van der Waals surface area (Å²) in [6.07, 6.45) is 1.45. The molecule has 4 rings (SSSR count). The predicted molar refractivity (Wildman–Crippen MR) is 112 cm³/mol. The summed E-state index contributed by atoms with van der Waals surface area (Å²) in [5.74, 6) is 0.177. The van der Waals surface area contributed by atoms with Crippen molar-refractivity contribution in [2.45, 2.75) is 32.6 Å². The zero-order chi connectivity index (χ0) is 19.7. The van der Waals surface area contributed by atoms with E-state index in [-0.39, 0.29) is 17.7 Å². The number of aromatic nitrogens is 1. The standard InChI is InChI=1S/C23H23N3O2/c1-15(2)21-14-19(18-9-3-4-10-20(18)25-21)23(28)24-16-7-5-8-17(13-16)26-12-6-11-22(26)27/h3-5,7-10,13-15H,6,11-12H2,1-2H3,(H,24,28). The van der Waals surface area contributed by atoms with Gasteiger partial charge in [0.1, 0.15) is 0 Å². The van der Waals surface area contributed by atoms with Crippen LogP contribution in [-0.4, -0.2) is 23.3 Å². The maximum atomic E-state index is 13.1. The summed E-state index contributed by atoms with van der Waals surface area (Å²) in [5.41, 5.74) is 3.81. The topological polar surface area (TPSA) is 62.3 Å². The van der Waals surface area contributed by atoms with Crippen LogP contribution in [0.15, 0.2) is 54.6 Å². The van der Waals surface area contributed by atoms with Gasteiger partial charge < -0.3 is 10.2 Å². The number of carbonyl (C=O) groups is 2. The Bertz CT molecular complexity index is 1060. The van der Waals surface area contributed by atoms with Gasteiger partial charge in [0.05, 0.1) is 11.1 Å². The molecule has 3 aromatic rings. The lowest BCUT2D eigenvalue weighted by molar-refractivity contribution is -0.117. The van der Waals surface area contributed by atoms with Crippen LogP contribution in [0, 0.1) is 0 Å². The number of nitrogens with one attached hydrogen (secondary N) is 1. The van der Waals surface area contributed by atoms with Gasteiger partial charge in [-0.1, -0.05) is 38.1 Å². The molecule has 0 saturated carbocycles. The Morgan fingerprint density at radius 3 is 2.68 bits per heavy atom. The van der Waals surface area contributed by atoms with Gasteiger partial charge in [-0.3, -0.25) is 14.6 Å². The first-order valence-electron chi connectivity index (χ1n) is 9.64. The molecule has 0 radical (unpaired) electrons. The van der Waals surface area contributed by atoms with Crippen LogP contribution in [0.2, 0.25) is 0 Å². The molecule has 2 aromatic carbocycles. The van der Waals surface area contributed by atoms with E-state index in [0.29, 0.717) is 17.7 Å². The third-order valence-electron chi connectivity index (χ3n) is 5.06. The normalized spacial score (nSPS) is 14.1. The second-order valence-corrected chi connectivity index (χ2v) is 7.42. The molecule has 1 fully saturated rings. The van der Waals surface area contributed by atoms with E-state index in [1.165, 1.54) is 0 Å². The fourth-order valence-electron chi connectivity index (χ4n) is 3.55. The van der Waals surface area contributed by atoms with E-state index in [4.69, 9.17) is 0 Å². The number of amides is 2. The zero-order valence-corrected chi connectivity index (χ0v) is 16.1. The average molecular weight is 373 g/mol. The molecule has 0 aliphatic carbocycles. The van der Waals surface area contributed by atoms with Gasteiger partial charge in [0.2, 0.25) is 5.91 Å². The van der Waals surface area contributed by atoms with E-state index in [0.717, 1.165) is 35.2 Å². The lowest BCUT2D eigenvalue weighted by Crippen LogP contribution is -2.23. The van der Waals surface area contributed by atoms with Gasteiger partial charge in [-0.15, -0.1) is 0 Å². The lowest BCUT2D eigenvalue weighted by Gasteiger charge is -2.17. The van der Waals surface area contributed by atoms with Gasteiger partial charge in [0, 0.05) is 35.4 Å². The van der Waals surface area contributed by atoms with Gasteiger partial charge in [-0.2, -0.15) is 0 Å². The van der Waals surface area contributed by atoms with Crippen molar-refractivity contribution in [2.75, 3.05) is 16.8 Å². The molecule has 1 aliphatic heterocycles. The molecule has 0 atom stereocenters. The van der Waals surface area contributed by atoms with Crippen molar-refractivity contribution in [3.8, 4) is 0 Å². The van der Waals surface area contributed by atoms with Crippen LogP contribution < -0.4 is 10.2 Å². The fraction of sp³-hybridized carbons (Fsp3) is 0.261. The van der Waals surface area contributed by atoms with E-state index < -0.39 is 0 Å². The Labute approximate surface area is 164 Å². The van der Waals surface area contributed by atoms with E-state index in [1.54, 1.807) is 4.90 Å². The largest absolute Gasteiger partial charge is 0.322 e. The molecule has 142 valence electrons. The predicted octanol–water partition coefficient (Wildman–Crippen LogP) is 4.74. The van der Waals surface area contributed by atoms with Crippen LogP contribution >= 0.6 is 0 Å². The Balaban J connectivity index is 1.67. The molecule has 2 amide bonds. The van der Waals surface area contributed by atoms with Gasteiger partial charge in [-0.25, -0.2) is 0 Å². The number of nitrogens with zero attached hydrogens (tertiary/aromatic N) is 2. The monoisotopic (exact) mass is 373 g/mol.